The van der Waals surface area contributed by atoms with Crippen LogP contribution in [0.15, 0.2) is 85.1 Å². The monoisotopic (exact) mass is 447 g/mol. The topological polar surface area (TPSA) is 12.9 Å². The Kier molecular flexibility index (Phi) is 5.07. The van der Waals surface area contributed by atoms with Gasteiger partial charge in [0.05, 0.1) is 5.69 Å². The lowest BCUT2D eigenvalue weighted by atomic mass is 9.72. The van der Waals surface area contributed by atoms with Gasteiger partial charge in [0.1, 0.15) is 0 Å². The SMILES string of the molecule is CC(C)(c1ccnc(-c2cc(-c3ccccc3)c3c(c2)sc2ccccc23)c1)C1CCCC1. The summed E-state index contributed by atoms with van der Waals surface area (Å²) in [5, 5.41) is 2.69. The van der Waals surface area contributed by atoms with E-state index in [0.717, 1.165) is 11.6 Å². The molecule has 2 aromatic heterocycles. The van der Waals surface area contributed by atoms with Gasteiger partial charge in [-0.2, -0.15) is 0 Å². The van der Waals surface area contributed by atoms with Gasteiger partial charge in [0, 0.05) is 31.9 Å². The van der Waals surface area contributed by atoms with Crippen molar-refractivity contribution in [3.05, 3.63) is 90.6 Å². The van der Waals surface area contributed by atoms with Gasteiger partial charge in [0.25, 0.3) is 0 Å². The minimum atomic E-state index is 0.179. The minimum Gasteiger partial charge on any atom is -0.256 e. The van der Waals surface area contributed by atoms with E-state index in [1.165, 1.54) is 68.1 Å². The normalized spacial score (nSPS) is 15.0. The molecule has 6 rings (SSSR count). The van der Waals surface area contributed by atoms with Crippen molar-refractivity contribution in [2.75, 3.05) is 0 Å². The van der Waals surface area contributed by atoms with Crippen LogP contribution in [0.2, 0.25) is 0 Å². The van der Waals surface area contributed by atoms with Crippen LogP contribution in [0.3, 0.4) is 0 Å². The molecule has 1 saturated carbocycles. The molecule has 0 bridgehead atoms. The van der Waals surface area contributed by atoms with Crippen molar-refractivity contribution in [2.45, 2.75) is 44.9 Å². The Hall–Kier alpha value is -2.97. The molecule has 0 amide bonds. The number of nitrogens with zero attached hydrogens (tertiary/aromatic N) is 1. The first-order chi connectivity index (χ1) is 16.1. The summed E-state index contributed by atoms with van der Waals surface area (Å²) in [5.74, 6) is 0.762. The van der Waals surface area contributed by atoms with E-state index in [-0.39, 0.29) is 5.41 Å². The third-order valence-corrected chi connectivity index (χ3v) is 8.86. The van der Waals surface area contributed by atoms with E-state index in [9.17, 15) is 0 Å². The lowest BCUT2D eigenvalue weighted by Crippen LogP contribution is -2.26. The van der Waals surface area contributed by atoms with Crippen LogP contribution in [-0.4, -0.2) is 4.98 Å². The first-order valence-corrected chi connectivity index (χ1v) is 12.9. The molecule has 1 aliphatic rings. The van der Waals surface area contributed by atoms with Gasteiger partial charge in [-0.3, -0.25) is 4.98 Å². The molecule has 0 unspecified atom stereocenters. The maximum atomic E-state index is 4.85. The fourth-order valence-corrected chi connectivity index (χ4v) is 6.89. The van der Waals surface area contributed by atoms with Gasteiger partial charge in [-0.15, -0.1) is 11.3 Å². The maximum Gasteiger partial charge on any atom is 0.0705 e. The molecule has 1 fully saturated rings. The molecule has 2 heteroatoms. The average molecular weight is 448 g/mol. The molecule has 0 radical (unpaired) electrons. The van der Waals surface area contributed by atoms with E-state index in [1.54, 1.807) is 0 Å². The zero-order valence-electron chi connectivity index (χ0n) is 19.3. The number of hydrogen-bond acceptors (Lipinski definition) is 2. The van der Waals surface area contributed by atoms with Crippen molar-refractivity contribution in [1.82, 2.24) is 4.98 Å². The average Bonchev–Trinajstić information content (AvgIpc) is 3.53. The summed E-state index contributed by atoms with van der Waals surface area (Å²) in [4.78, 5) is 4.85. The second kappa shape index (κ2) is 8.11. The van der Waals surface area contributed by atoms with Crippen LogP contribution in [0.1, 0.15) is 45.1 Å². The quantitative estimate of drug-likeness (QED) is 0.267. The zero-order valence-corrected chi connectivity index (χ0v) is 20.2. The molecular formula is C31H29NS. The van der Waals surface area contributed by atoms with Gasteiger partial charge in [-0.05, 0) is 71.2 Å². The molecule has 2 heterocycles. The molecule has 3 aromatic carbocycles. The number of thiophene rings is 1. The predicted molar refractivity (Wildman–Crippen MR) is 143 cm³/mol. The molecule has 0 atom stereocenters. The molecule has 0 aliphatic heterocycles. The van der Waals surface area contributed by atoms with Crippen molar-refractivity contribution in [3.63, 3.8) is 0 Å². The van der Waals surface area contributed by atoms with Gasteiger partial charge in [0.2, 0.25) is 0 Å². The number of aromatic nitrogens is 1. The molecule has 164 valence electrons. The molecule has 0 saturated heterocycles. The Bertz CT molecular complexity index is 1440. The molecule has 33 heavy (non-hydrogen) atoms. The fourth-order valence-electron chi connectivity index (χ4n) is 5.72. The second-order valence-corrected chi connectivity index (χ2v) is 11.1. The van der Waals surface area contributed by atoms with E-state index in [0.29, 0.717) is 0 Å². The highest BCUT2D eigenvalue weighted by molar-refractivity contribution is 7.26. The van der Waals surface area contributed by atoms with Crippen LogP contribution in [-0.2, 0) is 5.41 Å². The van der Waals surface area contributed by atoms with Gasteiger partial charge in [-0.1, -0.05) is 75.2 Å². The van der Waals surface area contributed by atoms with Crippen molar-refractivity contribution < 1.29 is 0 Å². The Morgan fingerprint density at radius 2 is 1.55 bits per heavy atom. The Balaban J connectivity index is 1.55. The molecule has 0 N–H and O–H groups in total. The molecule has 1 nitrogen and oxygen atoms in total. The first kappa shape index (κ1) is 20.6. The Morgan fingerprint density at radius 3 is 2.36 bits per heavy atom. The Labute approximate surface area is 200 Å². The van der Waals surface area contributed by atoms with Crippen LogP contribution in [0.25, 0.3) is 42.6 Å². The summed E-state index contributed by atoms with van der Waals surface area (Å²) >= 11 is 1.88. The lowest BCUT2D eigenvalue weighted by Gasteiger charge is -2.32. The van der Waals surface area contributed by atoms with Gasteiger partial charge >= 0.3 is 0 Å². The van der Waals surface area contributed by atoms with Crippen LogP contribution < -0.4 is 0 Å². The smallest absolute Gasteiger partial charge is 0.0705 e. The number of benzene rings is 3. The number of rotatable bonds is 4. The molecule has 5 aromatic rings. The summed E-state index contributed by atoms with van der Waals surface area (Å²) < 4.78 is 2.67. The predicted octanol–water partition coefficient (Wildman–Crippen LogP) is 9.25. The maximum absolute atomic E-state index is 4.85. The highest BCUT2D eigenvalue weighted by Gasteiger charge is 2.33. The van der Waals surface area contributed by atoms with Gasteiger partial charge in [0.15, 0.2) is 0 Å². The third-order valence-electron chi connectivity index (χ3n) is 7.74. The van der Waals surface area contributed by atoms with E-state index < -0.39 is 0 Å². The van der Waals surface area contributed by atoms with Crippen LogP contribution in [0.4, 0.5) is 0 Å². The minimum absolute atomic E-state index is 0.179. The zero-order chi connectivity index (χ0) is 22.4. The standard InChI is InChI=1S/C31H29NS/c1-31(2,23-12-6-7-13-23)24-16-17-32-27(20-24)22-18-26(21-10-4-3-5-11-21)30-25-14-8-9-15-28(25)33-29(30)19-22/h3-5,8-11,14-20,23H,6-7,12-13H2,1-2H3. The van der Waals surface area contributed by atoms with E-state index >= 15 is 0 Å². The largest absolute Gasteiger partial charge is 0.256 e. The fraction of sp³-hybridized carbons (Fsp3) is 0.258. The van der Waals surface area contributed by atoms with Crippen LogP contribution in [0.5, 0.6) is 0 Å². The van der Waals surface area contributed by atoms with Crippen LogP contribution >= 0.6 is 11.3 Å². The number of fused-ring (bicyclic) bond motifs is 3. The van der Waals surface area contributed by atoms with Crippen molar-refractivity contribution in [3.8, 4) is 22.4 Å². The summed E-state index contributed by atoms with van der Waals surface area (Å²) in [6.07, 6.45) is 7.44. The summed E-state index contributed by atoms with van der Waals surface area (Å²) in [5.41, 5.74) is 6.43. The number of pyridine rings is 1. The lowest BCUT2D eigenvalue weighted by molar-refractivity contribution is 0.325. The van der Waals surface area contributed by atoms with Crippen molar-refractivity contribution in [1.29, 1.82) is 0 Å². The Morgan fingerprint density at radius 1 is 0.788 bits per heavy atom. The highest BCUT2D eigenvalue weighted by atomic mass is 32.1. The van der Waals surface area contributed by atoms with Gasteiger partial charge in [-0.25, -0.2) is 0 Å². The van der Waals surface area contributed by atoms with E-state index in [1.807, 2.05) is 17.5 Å². The highest BCUT2D eigenvalue weighted by Crippen LogP contribution is 2.44. The van der Waals surface area contributed by atoms with Crippen LogP contribution in [0, 0.1) is 5.92 Å². The molecule has 1 aliphatic carbocycles. The van der Waals surface area contributed by atoms with Gasteiger partial charge < -0.3 is 0 Å². The molecular weight excluding hydrogens is 418 g/mol. The van der Waals surface area contributed by atoms with E-state index in [2.05, 4.69) is 92.7 Å². The number of hydrogen-bond donors (Lipinski definition) is 0. The summed E-state index contributed by atoms with van der Waals surface area (Å²) in [6, 6.07) is 28.8. The van der Waals surface area contributed by atoms with E-state index in [4.69, 9.17) is 4.98 Å². The van der Waals surface area contributed by atoms with Crippen molar-refractivity contribution >= 4 is 31.5 Å². The summed E-state index contributed by atoms with van der Waals surface area (Å²) in [7, 11) is 0. The summed E-state index contributed by atoms with van der Waals surface area (Å²) in [6.45, 7) is 4.85. The third kappa shape index (κ3) is 3.57. The second-order valence-electron chi connectivity index (χ2n) is 9.99. The molecule has 0 spiro atoms. The first-order valence-electron chi connectivity index (χ1n) is 12.1. The van der Waals surface area contributed by atoms with Crippen molar-refractivity contribution in [2.24, 2.45) is 5.92 Å².